The zero-order valence-corrected chi connectivity index (χ0v) is 11.5. The standard InChI is InChI=1S/C14H14ClFN2O/c1-9-5-10(7-17-2)8-18-14(9)19-13-4-3-11(16)6-12(13)15/h3-6,8,17H,7H2,1-2H3. The van der Waals surface area contributed by atoms with E-state index < -0.39 is 5.82 Å². The zero-order valence-electron chi connectivity index (χ0n) is 10.7. The quantitative estimate of drug-likeness (QED) is 0.927. The van der Waals surface area contributed by atoms with E-state index in [0.717, 1.165) is 17.7 Å². The average molecular weight is 281 g/mol. The van der Waals surface area contributed by atoms with Crippen LogP contribution in [0.3, 0.4) is 0 Å². The number of aromatic nitrogens is 1. The van der Waals surface area contributed by atoms with E-state index in [0.29, 0.717) is 11.6 Å². The molecule has 0 aliphatic heterocycles. The third kappa shape index (κ3) is 3.43. The van der Waals surface area contributed by atoms with E-state index in [9.17, 15) is 4.39 Å². The van der Waals surface area contributed by atoms with E-state index in [1.165, 1.54) is 18.2 Å². The Kier molecular flexibility index (Phi) is 4.35. The van der Waals surface area contributed by atoms with Crippen molar-refractivity contribution in [1.82, 2.24) is 10.3 Å². The van der Waals surface area contributed by atoms with Crippen molar-refractivity contribution in [2.24, 2.45) is 0 Å². The van der Waals surface area contributed by atoms with Gasteiger partial charge in [0.15, 0.2) is 0 Å². The van der Waals surface area contributed by atoms with Crippen molar-refractivity contribution < 1.29 is 9.13 Å². The van der Waals surface area contributed by atoms with Gasteiger partial charge in [-0.3, -0.25) is 0 Å². The number of halogens is 2. The van der Waals surface area contributed by atoms with Gasteiger partial charge in [0.05, 0.1) is 5.02 Å². The molecule has 19 heavy (non-hydrogen) atoms. The van der Waals surface area contributed by atoms with Crippen LogP contribution in [0.2, 0.25) is 5.02 Å². The fourth-order valence-corrected chi connectivity index (χ4v) is 1.90. The highest BCUT2D eigenvalue weighted by Crippen LogP contribution is 2.30. The van der Waals surface area contributed by atoms with Crippen LogP contribution in [-0.4, -0.2) is 12.0 Å². The van der Waals surface area contributed by atoms with Crippen molar-refractivity contribution >= 4 is 11.6 Å². The van der Waals surface area contributed by atoms with Crippen LogP contribution < -0.4 is 10.1 Å². The van der Waals surface area contributed by atoms with Gasteiger partial charge in [0.25, 0.3) is 0 Å². The summed E-state index contributed by atoms with van der Waals surface area (Å²) < 4.78 is 18.5. The molecule has 2 rings (SSSR count). The van der Waals surface area contributed by atoms with Gasteiger partial charge in [0.1, 0.15) is 11.6 Å². The minimum atomic E-state index is -0.397. The van der Waals surface area contributed by atoms with Gasteiger partial charge in [0.2, 0.25) is 5.88 Å². The summed E-state index contributed by atoms with van der Waals surface area (Å²) in [4.78, 5) is 4.24. The minimum Gasteiger partial charge on any atom is -0.437 e. The van der Waals surface area contributed by atoms with Crippen molar-refractivity contribution in [1.29, 1.82) is 0 Å². The molecule has 1 aromatic heterocycles. The number of aryl methyl sites for hydroxylation is 1. The second kappa shape index (κ2) is 5.99. The van der Waals surface area contributed by atoms with E-state index in [2.05, 4.69) is 10.3 Å². The number of rotatable bonds is 4. The average Bonchev–Trinajstić information content (AvgIpc) is 2.36. The van der Waals surface area contributed by atoms with Crippen LogP contribution in [0.4, 0.5) is 4.39 Å². The summed E-state index contributed by atoms with van der Waals surface area (Å²) in [5.74, 6) is 0.458. The van der Waals surface area contributed by atoms with Gasteiger partial charge in [-0.05, 0) is 43.8 Å². The summed E-state index contributed by atoms with van der Waals surface area (Å²) in [6.07, 6.45) is 1.73. The summed E-state index contributed by atoms with van der Waals surface area (Å²) in [5, 5.41) is 3.27. The normalized spacial score (nSPS) is 10.5. The second-order valence-corrected chi connectivity index (χ2v) is 4.58. The first kappa shape index (κ1) is 13.8. The molecular weight excluding hydrogens is 267 g/mol. The van der Waals surface area contributed by atoms with Crippen LogP contribution in [-0.2, 0) is 6.54 Å². The van der Waals surface area contributed by atoms with E-state index in [4.69, 9.17) is 16.3 Å². The van der Waals surface area contributed by atoms with Crippen LogP contribution in [0, 0.1) is 12.7 Å². The monoisotopic (exact) mass is 280 g/mol. The van der Waals surface area contributed by atoms with Crippen LogP contribution >= 0.6 is 11.6 Å². The summed E-state index contributed by atoms with van der Waals surface area (Å²) in [6, 6.07) is 5.98. The minimum absolute atomic E-state index is 0.223. The Morgan fingerprint density at radius 3 is 2.79 bits per heavy atom. The molecule has 100 valence electrons. The first-order valence-corrected chi connectivity index (χ1v) is 6.21. The molecule has 0 radical (unpaired) electrons. The highest BCUT2D eigenvalue weighted by Gasteiger charge is 2.08. The SMILES string of the molecule is CNCc1cnc(Oc2ccc(F)cc2Cl)c(C)c1. The second-order valence-electron chi connectivity index (χ2n) is 4.17. The largest absolute Gasteiger partial charge is 0.437 e. The Balaban J connectivity index is 2.23. The van der Waals surface area contributed by atoms with E-state index >= 15 is 0 Å². The van der Waals surface area contributed by atoms with E-state index in [1.54, 1.807) is 6.20 Å². The lowest BCUT2D eigenvalue weighted by molar-refractivity contribution is 0.457. The molecule has 0 saturated heterocycles. The molecule has 0 unspecified atom stereocenters. The molecular formula is C14H14ClFN2O. The van der Waals surface area contributed by atoms with Crippen molar-refractivity contribution in [3.63, 3.8) is 0 Å². The van der Waals surface area contributed by atoms with Gasteiger partial charge in [-0.1, -0.05) is 11.6 Å². The van der Waals surface area contributed by atoms with Crippen LogP contribution in [0.1, 0.15) is 11.1 Å². The Hall–Kier alpha value is -1.65. The predicted octanol–water partition coefficient (Wildman–Crippen LogP) is 3.69. The fraction of sp³-hybridized carbons (Fsp3) is 0.214. The molecule has 1 aromatic carbocycles. The molecule has 0 aliphatic carbocycles. The highest BCUT2D eigenvalue weighted by atomic mass is 35.5. The third-order valence-electron chi connectivity index (χ3n) is 2.57. The number of ether oxygens (including phenoxy) is 1. The molecule has 2 aromatic rings. The number of benzene rings is 1. The summed E-state index contributed by atoms with van der Waals surface area (Å²) in [5.41, 5.74) is 1.96. The van der Waals surface area contributed by atoms with E-state index in [1.807, 2.05) is 20.0 Å². The number of nitrogens with one attached hydrogen (secondary N) is 1. The predicted molar refractivity (Wildman–Crippen MR) is 73.2 cm³/mol. The maximum Gasteiger partial charge on any atom is 0.222 e. The Bertz CT molecular complexity index is 590. The van der Waals surface area contributed by atoms with Crippen LogP contribution in [0.15, 0.2) is 30.5 Å². The first-order valence-electron chi connectivity index (χ1n) is 5.83. The number of hydrogen-bond acceptors (Lipinski definition) is 3. The highest BCUT2D eigenvalue weighted by molar-refractivity contribution is 6.32. The number of nitrogens with zero attached hydrogens (tertiary/aromatic N) is 1. The molecule has 0 bridgehead atoms. The van der Waals surface area contributed by atoms with Crippen molar-refractivity contribution in [3.05, 3.63) is 52.4 Å². The molecule has 0 aliphatic rings. The van der Waals surface area contributed by atoms with Crippen LogP contribution in [0.5, 0.6) is 11.6 Å². The molecule has 0 saturated carbocycles. The summed E-state index contributed by atoms with van der Waals surface area (Å²) in [7, 11) is 1.87. The lowest BCUT2D eigenvalue weighted by Crippen LogP contribution is -2.06. The summed E-state index contributed by atoms with van der Waals surface area (Å²) in [6.45, 7) is 2.64. The molecule has 0 atom stereocenters. The van der Waals surface area contributed by atoms with Crippen molar-refractivity contribution in [2.75, 3.05) is 7.05 Å². The third-order valence-corrected chi connectivity index (χ3v) is 2.86. The van der Waals surface area contributed by atoms with Gasteiger partial charge >= 0.3 is 0 Å². The van der Waals surface area contributed by atoms with Gasteiger partial charge in [-0.15, -0.1) is 0 Å². The van der Waals surface area contributed by atoms with Crippen molar-refractivity contribution in [2.45, 2.75) is 13.5 Å². The Morgan fingerprint density at radius 1 is 1.37 bits per heavy atom. The van der Waals surface area contributed by atoms with Crippen molar-refractivity contribution in [3.8, 4) is 11.6 Å². The first-order chi connectivity index (χ1) is 9.10. The maximum absolute atomic E-state index is 12.9. The lowest BCUT2D eigenvalue weighted by atomic mass is 10.2. The molecule has 5 heteroatoms. The van der Waals surface area contributed by atoms with E-state index in [-0.39, 0.29) is 5.02 Å². The smallest absolute Gasteiger partial charge is 0.222 e. The molecule has 0 spiro atoms. The molecule has 1 heterocycles. The van der Waals surface area contributed by atoms with Gasteiger partial charge < -0.3 is 10.1 Å². The Labute approximate surface area is 116 Å². The Morgan fingerprint density at radius 2 is 2.16 bits per heavy atom. The zero-order chi connectivity index (χ0) is 13.8. The van der Waals surface area contributed by atoms with Gasteiger partial charge in [-0.2, -0.15) is 0 Å². The van der Waals surface area contributed by atoms with Crippen LogP contribution in [0.25, 0.3) is 0 Å². The van der Waals surface area contributed by atoms with Gasteiger partial charge in [0, 0.05) is 18.3 Å². The molecule has 0 fully saturated rings. The summed E-state index contributed by atoms with van der Waals surface area (Å²) >= 11 is 5.91. The molecule has 3 nitrogen and oxygen atoms in total. The number of hydrogen-bond donors (Lipinski definition) is 1. The van der Waals surface area contributed by atoms with Gasteiger partial charge in [-0.25, -0.2) is 9.37 Å². The molecule has 0 amide bonds. The maximum atomic E-state index is 12.9. The molecule has 1 N–H and O–H groups in total. The number of pyridine rings is 1. The lowest BCUT2D eigenvalue weighted by Gasteiger charge is -2.10. The fourth-order valence-electron chi connectivity index (χ4n) is 1.69. The topological polar surface area (TPSA) is 34.2 Å².